The van der Waals surface area contributed by atoms with Gasteiger partial charge in [-0.05, 0) is 63.1 Å². The third-order valence-electron chi connectivity index (χ3n) is 4.81. The summed E-state index contributed by atoms with van der Waals surface area (Å²) in [5, 5.41) is 11.9. The zero-order chi connectivity index (χ0) is 17.8. The molecular weight excluding hydrogens is 314 g/mol. The number of amides is 2. The Morgan fingerprint density at radius 1 is 1.24 bits per heavy atom. The van der Waals surface area contributed by atoms with Gasteiger partial charge in [-0.2, -0.15) is 5.26 Å². The summed E-state index contributed by atoms with van der Waals surface area (Å²) in [4.78, 5) is 14.9. The van der Waals surface area contributed by atoms with Gasteiger partial charge >= 0.3 is 6.03 Å². The van der Waals surface area contributed by atoms with E-state index in [9.17, 15) is 4.79 Å². The van der Waals surface area contributed by atoms with E-state index in [1.54, 1.807) is 24.3 Å². The molecule has 130 valence electrons. The van der Waals surface area contributed by atoms with E-state index in [0.717, 1.165) is 37.2 Å². The number of benzene rings is 1. The number of furan rings is 1. The number of carbonyl (C=O) groups is 1. The molecule has 3 rings (SSSR count). The molecule has 1 fully saturated rings. The second kappa shape index (κ2) is 7.43. The standard InChI is InChI=1S/C20H23N3O2/c1-14-7-12-19(25-14)15(2)23(18-5-3-4-6-18)20(24)22-17-10-8-16(13-21)9-11-17/h7-12,15,18H,3-6H2,1-2H3,(H,22,24). The number of carbonyl (C=O) groups excluding carboxylic acids is 1. The summed E-state index contributed by atoms with van der Waals surface area (Å²) >= 11 is 0. The van der Waals surface area contributed by atoms with Crippen LogP contribution in [0.15, 0.2) is 40.8 Å². The quantitative estimate of drug-likeness (QED) is 0.853. The number of nitrogens with zero attached hydrogens (tertiary/aromatic N) is 2. The highest BCUT2D eigenvalue weighted by atomic mass is 16.3. The molecule has 1 N–H and O–H groups in total. The van der Waals surface area contributed by atoms with Crippen molar-refractivity contribution in [3.8, 4) is 6.07 Å². The number of aryl methyl sites for hydroxylation is 1. The fourth-order valence-electron chi connectivity index (χ4n) is 3.47. The van der Waals surface area contributed by atoms with Gasteiger partial charge in [-0.3, -0.25) is 0 Å². The molecule has 1 aliphatic carbocycles. The fraction of sp³-hybridized carbons (Fsp3) is 0.400. The van der Waals surface area contributed by atoms with Gasteiger partial charge in [-0.1, -0.05) is 12.8 Å². The first-order valence-corrected chi connectivity index (χ1v) is 8.74. The number of urea groups is 1. The van der Waals surface area contributed by atoms with E-state index in [0.29, 0.717) is 11.3 Å². The van der Waals surface area contributed by atoms with Crippen molar-refractivity contribution in [1.82, 2.24) is 4.90 Å². The van der Waals surface area contributed by atoms with Crippen molar-refractivity contribution in [3.05, 3.63) is 53.5 Å². The topological polar surface area (TPSA) is 69.3 Å². The van der Waals surface area contributed by atoms with Gasteiger partial charge in [0.2, 0.25) is 0 Å². The summed E-state index contributed by atoms with van der Waals surface area (Å²) < 4.78 is 5.76. The average molecular weight is 337 g/mol. The maximum atomic E-state index is 13.0. The molecule has 1 aliphatic rings. The smallest absolute Gasteiger partial charge is 0.322 e. The van der Waals surface area contributed by atoms with Crippen molar-refractivity contribution in [2.75, 3.05) is 5.32 Å². The Balaban J connectivity index is 1.80. The number of hydrogen-bond donors (Lipinski definition) is 1. The molecule has 1 aromatic heterocycles. The first-order valence-electron chi connectivity index (χ1n) is 8.74. The minimum Gasteiger partial charge on any atom is -0.464 e. The lowest BCUT2D eigenvalue weighted by atomic mass is 10.1. The predicted molar refractivity (Wildman–Crippen MR) is 96.1 cm³/mol. The predicted octanol–water partition coefficient (Wildman–Crippen LogP) is 5.00. The monoisotopic (exact) mass is 337 g/mol. The number of anilines is 1. The summed E-state index contributed by atoms with van der Waals surface area (Å²) in [6.45, 7) is 3.92. The van der Waals surface area contributed by atoms with E-state index in [1.165, 1.54) is 0 Å². The number of rotatable bonds is 4. The van der Waals surface area contributed by atoms with Gasteiger partial charge in [0.1, 0.15) is 11.5 Å². The molecule has 2 amide bonds. The van der Waals surface area contributed by atoms with E-state index in [1.807, 2.05) is 30.9 Å². The van der Waals surface area contributed by atoms with Crippen LogP contribution in [0.25, 0.3) is 0 Å². The van der Waals surface area contributed by atoms with E-state index >= 15 is 0 Å². The first-order chi connectivity index (χ1) is 12.1. The number of nitrogens with one attached hydrogen (secondary N) is 1. The van der Waals surface area contributed by atoms with Gasteiger partial charge < -0.3 is 14.6 Å². The maximum absolute atomic E-state index is 13.0. The summed E-state index contributed by atoms with van der Waals surface area (Å²) in [5.74, 6) is 1.65. The fourth-order valence-corrected chi connectivity index (χ4v) is 3.47. The lowest BCUT2D eigenvalue weighted by molar-refractivity contribution is 0.151. The van der Waals surface area contributed by atoms with Crippen molar-refractivity contribution < 1.29 is 9.21 Å². The van der Waals surface area contributed by atoms with E-state index < -0.39 is 0 Å². The maximum Gasteiger partial charge on any atom is 0.322 e. The zero-order valence-corrected chi connectivity index (χ0v) is 14.7. The molecule has 1 heterocycles. The van der Waals surface area contributed by atoms with Crippen LogP contribution in [0.5, 0.6) is 0 Å². The van der Waals surface area contributed by atoms with Crippen LogP contribution in [-0.4, -0.2) is 17.0 Å². The Kier molecular flexibility index (Phi) is 5.08. The summed E-state index contributed by atoms with van der Waals surface area (Å²) in [7, 11) is 0. The molecule has 0 radical (unpaired) electrons. The normalized spacial score (nSPS) is 15.6. The highest BCUT2D eigenvalue weighted by Gasteiger charge is 2.32. The lowest BCUT2D eigenvalue weighted by Gasteiger charge is -2.33. The van der Waals surface area contributed by atoms with Crippen LogP contribution < -0.4 is 5.32 Å². The van der Waals surface area contributed by atoms with E-state index in [2.05, 4.69) is 11.4 Å². The Hall–Kier alpha value is -2.74. The van der Waals surface area contributed by atoms with Gasteiger partial charge in [-0.15, -0.1) is 0 Å². The van der Waals surface area contributed by atoms with Gasteiger partial charge in [0.15, 0.2) is 0 Å². The van der Waals surface area contributed by atoms with Crippen LogP contribution in [0, 0.1) is 18.3 Å². The van der Waals surface area contributed by atoms with Crippen molar-refractivity contribution in [3.63, 3.8) is 0 Å². The third kappa shape index (κ3) is 3.85. The highest BCUT2D eigenvalue weighted by molar-refractivity contribution is 5.89. The Bertz CT molecular complexity index is 767. The van der Waals surface area contributed by atoms with Crippen LogP contribution >= 0.6 is 0 Å². The molecule has 25 heavy (non-hydrogen) atoms. The Labute approximate surface area is 148 Å². The first kappa shape index (κ1) is 17.1. The molecule has 1 aromatic carbocycles. The zero-order valence-electron chi connectivity index (χ0n) is 14.7. The molecule has 5 nitrogen and oxygen atoms in total. The van der Waals surface area contributed by atoms with Crippen molar-refractivity contribution in [1.29, 1.82) is 5.26 Å². The largest absolute Gasteiger partial charge is 0.464 e. The molecule has 5 heteroatoms. The molecule has 0 saturated heterocycles. The Morgan fingerprint density at radius 2 is 1.92 bits per heavy atom. The van der Waals surface area contributed by atoms with Crippen LogP contribution in [-0.2, 0) is 0 Å². The minimum atomic E-state index is -0.129. The van der Waals surface area contributed by atoms with Crippen LogP contribution in [0.3, 0.4) is 0 Å². The average Bonchev–Trinajstić information content (AvgIpc) is 3.27. The van der Waals surface area contributed by atoms with Crippen LogP contribution in [0.2, 0.25) is 0 Å². The molecule has 0 aliphatic heterocycles. The van der Waals surface area contributed by atoms with Gasteiger partial charge in [-0.25, -0.2) is 4.79 Å². The van der Waals surface area contributed by atoms with Gasteiger partial charge in [0.25, 0.3) is 0 Å². The lowest BCUT2D eigenvalue weighted by Crippen LogP contribution is -2.43. The molecular formula is C20H23N3O2. The molecule has 0 bridgehead atoms. The highest BCUT2D eigenvalue weighted by Crippen LogP contribution is 2.32. The molecule has 1 saturated carbocycles. The summed E-state index contributed by atoms with van der Waals surface area (Å²) in [5.41, 5.74) is 1.26. The summed E-state index contributed by atoms with van der Waals surface area (Å²) in [6, 6.07) is 12.8. The second-order valence-corrected chi connectivity index (χ2v) is 6.59. The molecule has 1 unspecified atom stereocenters. The number of nitriles is 1. The third-order valence-corrected chi connectivity index (χ3v) is 4.81. The second-order valence-electron chi connectivity index (χ2n) is 6.59. The van der Waals surface area contributed by atoms with Crippen molar-refractivity contribution >= 4 is 11.7 Å². The van der Waals surface area contributed by atoms with E-state index in [4.69, 9.17) is 9.68 Å². The Morgan fingerprint density at radius 3 is 2.48 bits per heavy atom. The SMILES string of the molecule is Cc1ccc(C(C)N(C(=O)Nc2ccc(C#N)cc2)C2CCCC2)o1. The molecule has 1 atom stereocenters. The number of hydrogen-bond acceptors (Lipinski definition) is 3. The van der Waals surface area contributed by atoms with Crippen LogP contribution in [0.4, 0.5) is 10.5 Å². The van der Waals surface area contributed by atoms with Crippen molar-refractivity contribution in [2.24, 2.45) is 0 Å². The molecule has 2 aromatic rings. The van der Waals surface area contributed by atoms with Crippen LogP contribution in [0.1, 0.15) is 55.7 Å². The van der Waals surface area contributed by atoms with Gasteiger partial charge in [0, 0.05) is 11.7 Å². The van der Waals surface area contributed by atoms with Gasteiger partial charge in [0.05, 0.1) is 17.7 Å². The molecule has 0 spiro atoms. The van der Waals surface area contributed by atoms with Crippen molar-refractivity contribution in [2.45, 2.75) is 51.6 Å². The minimum absolute atomic E-state index is 0.127. The summed E-state index contributed by atoms with van der Waals surface area (Å²) in [6.07, 6.45) is 4.33. The van der Waals surface area contributed by atoms with E-state index in [-0.39, 0.29) is 18.1 Å².